The van der Waals surface area contributed by atoms with Gasteiger partial charge in [-0.05, 0) is 35.6 Å². The number of benzene rings is 1. The molecule has 88 valence electrons. The molecule has 2 heterocycles. The normalized spacial score (nSPS) is 15.2. The standard InChI is InChI=1S/C15H17NO/c1-10(2)11-3-4-12-7-13-5-6-17-9-15(13)16-14(12)8-11/h3-4,7-8,10H,5-6,9H2,1-2H3. The van der Waals surface area contributed by atoms with Crippen molar-refractivity contribution in [3.63, 3.8) is 0 Å². The van der Waals surface area contributed by atoms with Gasteiger partial charge >= 0.3 is 0 Å². The van der Waals surface area contributed by atoms with Crippen molar-refractivity contribution < 1.29 is 4.74 Å². The molecular formula is C15H17NO. The van der Waals surface area contributed by atoms with E-state index in [2.05, 4.69) is 38.1 Å². The van der Waals surface area contributed by atoms with Crippen LogP contribution in [0.2, 0.25) is 0 Å². The minimum atomic E-state index is 0.550. The average Bonchev–Trinajstić information content (AvgIpc) is 2.35. The Labute approximate surface area is 102 Å². The quantitative estimate of drug-likeness (QED) is 0.744. The van der Waals surface area contributed by atoms with Crippen molar-refractivity contribution in [3.8, 4) is 0 Å². The van der Waals surface area contributed by atoms with Crippen molar-refractivity contribution >= 4 is 10.9 Å². The molecule has 3 rings (SSSR count). The lowest BCUT2D eigenvalue weighted by Gasteiger charge is -2.16. The SMILES string of the molecule is CC(C)c1ccc2cc3c(nc2c1)COCC3. The van der Waals surface area contributed by atoms with Gasteiger partial charge in [-0.25, -0.2) is 0 Å². The van der Waals surface area contributed by atoms with E-state index >= 15 is 0 Å². The number of aromatic nitrogens is 1. The van der Waals surface area contributed by atoms with Gasteiger partial charge in [-0.15, -0.1) is 0 Å². The first-order valence-electron chi connectivity index (χ1n) is 6.24. The van der Waals surface area contributed by atoms with Crippen LogP contribution in [0.15, 0.2) is 24.3 Å². The number of ether oxygens (including phenoxy) is 1. The van der Waals surface area contributed by atoms with Gasteiger partial charge in [0, 0.05) is 5.39 Å². The maximum atomic E-state index is 5.46. The minimum Gasteiger partial charge on any atom is -0.375 e. The summed E-state index contributed by atoms with van der Waals surface area (Å²) in [4.78, 5) is 4.73. The molecule has 0 bridgehead atoms. The Morgan fingerprint density at radius 1 is 1.24 bits per heavy atom. The van der Waals surface area contributed by atoms with Crippen molar-refractivity contribution in [2.75, 3.05) is 6.61 Å². The third-order valence-electron chi connectivity index (χ3n) is 3.43. The van der Waals surface area contributed by atoms with E-state index in [1.807, 2.05) is 0 Å². The van der Waals surface area contributed by atoms with Gasteiger partial charge in [0.15, 0.2) is 0 Å². The van der Waals surface area contributed by atoms with Crippen molar-refractivity contribution in [2.24, 2.45) is 0 Å². The molecule has 2 nitrogen and oxygen atoms in total. The monoisotopic (exact) mass is 227 g/mol. The zero-order chi connectivity index (χ0) is 11.8. The number of fused-ring (bicyclic) bond motifs is 2. The molecule has 0 radical (unpaired) electrons. The van der Waals surface area contributed by atoms with E-state index < -0.39 is 0 Å². The summed E-state index contributed by atoms with van der Waals surface area (Å²) in [7, 11) is 0. The lowest BCUT2D eigenvalue weighted by Crippen LogP contribution is -2.11. The molecule has 1 aromatic heterocycles. The first kappa shape index (κ1) is 10.7. The first-order chi connectivity index (χ1) is 8.24. The minimum absolute atomic E-state index is 0.550. The molecule has 0 aliphatic carbocycles. The van der Waals surface area contributed by atoms with Gasteiger partial charge in [0.05, 0.1) is 24.4 Å². The van der Waals surface area contributed by atoms with E-state index in [1.54, 1.807) is 0 Å². The Kier molecular flexibility index (Phi) is 2.60. The molecule has 0 unspecified atom stereocenters. The summed E-state index contributed by atoms with van der Waals surface area (Å²) in [6.45, 7) is 5.91. The van der Waals surface area contributed by atoms with Gasteiger partial charge in [-0.3, -0.25) is 4.98 Å². The molecule has 0 N–H and O–H groups in total. The third-order valence-corrected chi connectivity index (χ3v) is 3.43. The van der Waals surface area contributed by atoms with E-state index in [0.717, 1.165) is 24.2 Å². The van der Waals surface area contributed by atoms with Crippen LogP contribution < -0.4 is 0 Å². The zero-order valence-electron chi connectivity index (χ0n) is 10.4. The Morgan fingerprint density at radius 3 is 2.94 bits per heavy atom. The maximum Gasteiger partial charge on any atom is 0.0891 e. The van der Waals surface area contributed by atoms with Crippen LogP contribution in [0.4, 0.5) is 0 Å². The molecule has 1 aliphatic rings. The molecule has 0 amide bonds. The molecule has 17 heavy (non-hydrogen) atoms. The van der Waals surface area contributed by atoms with Crippen LogP contribution in [0.25, 0.3) is 10.9 Å². The van der Waals surface area contributed by atoms with Crippen LogP contribution >= 0.6 is 0 Å². The van der Waals surface area contributed by atoms with Crippen molar-refractivity contribution in [3.05, 3.63) is 41.1 Å². The molecule has 1 aliphatic heterocycles. The van der Waals surface area contributed by atoms with Crippen molar-refractivity contribution in [2.45, 2.75) is 32.8 Å². The largest absolute Gasteiger partial charge is 0.375 e. The topological polar surface area (TPSA) is 22.1 Å². The van der Waals surface area contributed by atoms with Crippen LogP contribution in [0.3, 0.4) is 0 Å². The van der Waals surface area contributed by atoms with Crippen molar-refractivity contribution in [1.82, 2.24) is 4.98 Å². The van der Waals surface area contributed by atoms with Gasteiger partial charge in [0.1, 0.15) is 0 Å². The van der Waals surface area contributed by atoms with E-state index in [1.165, 1.54) is 16.5 Å². The molecule has 0 fully saturated rings. The number of hydrogen-bond acceptors (Lipinski definition) is 2. The van der Waals surface area contributed by atoms with Crippen LogP contribution in [0, 0.1) is 0 Å². The molecule has 2 aromatic rings. The molecular weight excluding hydrogens is 210 g/mol. The summed E-state index contributed by atoms with van der Waals surface area (Å²) >= 11 is 0. The Bertz CT molecular complexity index is 560. The highest BCUT2D eigenvalue weighted by Gasteiger charge is 2.12. The highest BCUT2D eigenvalue weighted by Crippen LogP contribution is 2.24. The third kappa shape index (κ3) is 1.93. The second-order valence-corrected chi connectivity index (χ2v) is 5.00. The van der Waals surface area contributed by atoms with E-state index in [9.17, 15) is 0 Å². The second-order valence-electron chi connectivity index (χ2n) is 5.00. The number of nitrogens with zero attached hydrogens (tertiary/aromatic N) is 1. The van der Waals surface area contributed by atoms with E-state index in [0.29, 0.717) is 12.5 Å². The first-order valence-corrected chi connectivity index (χ1v) is 6.24. The maximum absolute atomic E-state index is 5.46. The fourth-order valence-corrected chi connectivity index (χ4v) is 2.32. The fraction of sp³-hybridized carbons (Fsp3) is 0.400. The molecule has 2 heteroatoms. The van der Waals surface area contributed by atoms with Crippen LogP contribution in [0.5, 0.6) is 0 Å². The van der Waals surface area contributed by atoms with E-state index in [4.69, 9.17) is 9.72 Å². The summed E-state index contributed by atoms with van der Waals surface area (Å²) in [6.07, 6.45) is 0.990. The summed E-state index contributed by atoms with van der Waals surface area (Å²) < 4.78 is 5.46. The Hall–Kier alpha value is -1.41. The summed E-state index contributed by atoms with van der Waals surface area (Å²) in [6, 6.07) is 8.87. The highest BCUT2D eigenvalue weighted by molar-refractivity contribution is 5.80. The smallest absolute Gasteiger partial charge is 0.0891 e. The predicted molar refractivity (Wildman–Crippen MR) is 69.2 cm³/mol. The van der Waals surface area contributed by atoms with Gasteiger partial charge in [0.2, 0.25) is 0 Å². The summed E-state index contributed by atoms with van der Waals surface area (Å²) in [5, 5.41) is 1.25. The fourth-order valence-electron chi connectivity index (χ4n) is 2.32. The van der Waals surface area contributed by atoms with Crippen LogP contribution in [0.1, 0.15) is 36.6 Å². The van der Waals surface area contributed by atoms with Gasteiger partial charge < -0.3 is 4.74 Å². The average molecular weight is 227 g/mol. The van der Waals surface area contributed by atoms with Gasteiger partial charge in [-0.1, -0.05) is 26.0 Å². The molecule has 0 saturated heterocycles. The summed E-state index contributed by atoms with van der Waals surface area (Å²) in [5.74, 6) is 0.550. The van der Waals surface area contributed by atoms with Crippen LogP contribution in [-0.2, 0) is 17.8 Å². The lowest BCUT2D eigenvalue weighted by atomic mass is 9.99. The van der Waals surface area contributed by atoms with Gasteiger partial charge in [0.25, 0.3) is 0 Å². The summed E-state index contributed by atoms with van der Waals surface area (Å²) in [5.41, 5.74) is 4.91. The number of rotatable bonds is 1. The van der Waals surface area contributed by atoms with E-state index in [-0.39, 0.29) is 0 Å². The second kappa shape index (κ2) is 4.11. The molecule has 0 saturated carbocycles. The molecule has 0 atom stereocenters. The Balaban J connectivity index is 2.16. The predicted octanol–water partition coefficient (Wildman–Crippen LogP) is 3.43. The van der Waals surface area contributed by atoms with Gasteiger partial charge in [-0.2, -0.15) is 0 Å². The highest BCUT2D eigenvalue weighted by atomic mass is 16.5. The zero-order valence-corrected chi connectivity index (χ0v) is 10.4. The Morgan fingerprint density at radius 2 is 2.12 bits per heavy atom. The molecule has 1 aromatic carbocycles. The molecule has 0 spiro atoms. The van der Waals surface area contributed by atoms with Crippen molar-refractivity contribution in [1.29, 1.82) is 0 Å². The number of pyridine rings is 1. The lowest BCUT2D eigenvalue weighted by molar-refractivity contribution is 0.108. The number of hydrogen-bond donors (Lipinski definition) is 0. The van der Waals surface area contributed by atoms with Crippen LogP contribution in [-0.4, -0.2) is 11.6 Å².